The Morgan fingerprint density at radius 1 is 1.14 bits per heavy atom. The maximum atomic E-state index is 13.4. The molecule has 0 bridgehead atoms. The molecule has 2 aliphatic heterocycles. The average molecular weight is 517 g/mol. The van der Waals surface area contributed by atoms with Crippen LogP contribution < -0.4 is 10.1 Å². The van der Waals surface area contributed by atoms with Crippen molar-refractivity contribution in [3.05, 3.63) is 66.0 Å². The summed E-state index contributed by atoms with van der Waals surface area (Å²) in [6.45, 7) is 5.33. The number of halogens is 1. The summed E-state index contributed by atoms with van der Waals surface area (Å²) in [6.07, 6.45) is -0.667. The summed E-state index contributed by atoms with van der Waals surface area (Å²) in [4.78, 5) is 40.0. The van der Waals surface area contributed by atoms with Crippen LogP contribution in [0.3, 0.4) is 0 Å². The number of fused-ring (bicyclic) bond motifs is 1. The minimum atomic E-state index is -1.14. The Hall–Kier alpha value is -3.27. The molecular formula is C26H29FN2O6S. The van der Waals surface area contributed by atoms with E-state index < -0.39 is 34.9 Å². The Morgan fingerprint density at radius 2 is 1.83 bits per heavy atom. The molecule has 3 atom stereocenters. The minimum Gasteiger partial charge on any atom is -0.492 e. The quantitative estimate of drug-likeness (QED) is 0.443. The van der Waals surface area contributed by atoms with Crippen molar-refractivity contribution in [3.8, 4) is 5.75 Å². The predicted molar refractivity (Wildman–Crippen MR) is 132 cm³/mol. The van der Waals surface area contributed by atoms with Crippen LogP contribution in [0.2, 0.25) is 0 Å². The van der Waals surface area contributed by atoms with Crippen molar-refractivity contribution in [1.82, 2.24) is 10.2 Å². The zero-order valence-electron chi connectivity index (χ0n) is 20.4. The summed E-state index contributed by atoms with van der Waals surface area (Å²) >= 11 is 1.37. The van der Waals surface area contributed by atoms with Gasteiger partial charge in [-0.15, -0.1) is 11.8 Å². The second-order valence-corrected chi connectivity index (χ2v) is 11.0. The van der Waals surface area contributed by atoms with E-state index in [4.69, 9.17) is 14.2 Å². The maximum absolute atomic E-state index is 13.4. The lowest BCUT2D eigenvalue weighted by molar-refractivity contribution is -0.165. The van der Waals surface area contributed by atoms with Crippen molar-refractivity contribution >= 4 is 29.7 Å². The summed E-state index contributed by atoms with van der Waals surface area (Å²) < 4.78 is 30.1. The topological polar surface area (TPSA) is 94.2 Å². The third-order valence-corrected chi connectivity index (χ3v) is 7.38. The smallest absolute Gasteiger partial charge is 0.408 e. The van der Waals surface area contributed by atoms with Gasteiger partial charge in [-0.3, -0.25) is 9.59 Å². The summed E-state index contributed by atoms with van der Waals surface area (Å²) in [5.74, 6) is -0.484. The molecule has 2 unspecified atom stereocenters. The van der Waals surface area contributed by atoms with Crippen molar-refractivity contribution in [3.63, 3.8) is 0 Å². The van der Waals surface area contributed by atoms with Gasteiger partial charge in [-0.25, -0.2) is 9.18 Å². The van der Waals surface area contributed by atoms with Crippen LogP contribution in [0.4, 0.5) is 9.18 Å². The van der Waals surface area contributed by atoms with E-state index in [1.807, 2.05) is 30.3 Å². The lowest BCUT2D eigenvalue weighted by Gasteiger charge is -2.53. The van der Waals surface area contributed by atoms with Gasteiger partial charge in [0.25, 0.3) is 0 Å². The number of nitrogens with one attached hydrogen (secondary N) is 1. The largest absolute Gasteiger partial charge is 0.492 e. The van der Waals surface area contributed by atoms with Gasteiger partial charge >= 0.3 is 12.1 Å². The van der Waals surface area contributed by atoms with Crippen molar-refractivity contribution < 1.29 is 33.0 Å². The molecule has 2 aromatic carbocycles. The van der Waals surface area contributed by atoms with E-state index in [1.165, 1.54) is 36.0 Å². The molecule has 0 saturated carbocycles. The first kappa shape index (κ1) is 25.8. The number of thioether (sulfide) groups is 1. The fraction of sp³-hybridized carbons (Fsp3) is 0.423. The van der Waals surface area contributed by atoms with Crippen LogP contribution >= 0.6 is 11.8 Å². The Labute approximate surface area is 213 Å². The molecule has 2 aromatic rings. The van der Waals surface area contributed by atoms with Gasteiger partial charge in [-0.05, 0) is 50.6 Å². The molecule has 192 valence electrons. The first-order valence-corrected chi connectivity index (χ1v) is 12.6. The van der Waals surface area contributed by atoms with Crippen LogP contribution in [-0.2, 0) is 25.7 Å². The van der Waals surface area contributed by atoms with Crippen molar-refractivity contribution in [2.24, 2.45) is 5.41 Å². The highest BCUT2D eigenvalue weighted by molar-refractivity contribution is 8.00. The van der Waals surface area contributed by atoms with Gasteiger partial charge in [0.2, 0.25) is 5.91 Å². The molecule has 8 nitrogen and oxygen atoms in total. The van der Waals surface area contributed by atoms with Crippen LogP contribution in [0.25, 0.3) is 0 Å². The van der Waals surface area contributed by atoms with E-state index in [0.717, 1.165) is 5.56 Å². The lowest BCUT2D eigenvalue weighted by Crippen LogP contribution is -2.74. The number of esters is 1. The van der Waals surface area contributed by atoms with Gasteiger partial charge in [-0.2, -0.15) is 0 Å². The van der Waals surface area contributed by atoms with Crippen molar-refractivity contribution in [2.45, 2.75) is 44.4 Å². The SMILES string of the molecule is CC(C)(C)OC(=O)NC1C(=O)N2CC(COc3ccc(F)cc3)(C(=O)OCc3ccccc3)CS[C@H]12. The number of carbonyl (C=O) groups excluding carboxylic acids is 3. The molecule has 2 aliphatic rings. The molecule has 10 heteroatoms. The summed E-state index contributed by atoms with van der Waals surface area (Å²) in [5.41, 5.74) is -0.994. The normalized spacial score (nSPS) is 23.2. The number of carbonyl (C=O) groups is 3. The standard InChI is InChI=1S/C26H29FN2O6S/c1-25(2,3)35-24(32)28-20-21(30)29-14-26(16-36-22(20)29,15-34-19-11-9-18(27)10-12-19)23(31)33-13-17-7-5-4-6-8-17/h4-12,20,22H,13-16H2,1-3H3,(H,28,32)/t20?,22-,26?/m1/s1. The molecule has 2 fully saturated rings. The number of nitrogens with zero attached hydrogens (tertiary/aromatic N) is 1. The van der Waals surface area contributed by atoms with Crippen LogP contribution in [0, 0.1) is 11.2 Å². The zero-order chi connectivity index (χ0) is 25.9. The van der Waals surface area contributed by atoms with Gasteiger partial charge in [0, 0.05) is 12.3 Å². The van der Waals surface area contributed by atoms with E-state index in [-0.39, 0.29) is 31.0 Å². The van der Waals surface area contributed by atoms with Crippen LogP contribution in [-0.4, -0.2) is 58.8 Å². The highest BCUT2D eigenvalue weighted by atomic mass is 32.2. The lowest BCUT2D eigenvalue weighted by atomic mass is 9.88. The second kappa shape index (κ2) is 10.4. The maximum Gasteiger partial charge on any atom is 0.408 e. The fourth-order valence-corrected chi connectivity index (χ4v) is 5.48. The summed E-state index contributed by atoms with van der Waals surface area (Å²) in [5, 5.41) is 2.30. The molecular weight excluding hydrogens is 487 g/mol. The van der Waals surface area contributed by atoms with Gasteiger partial charge in [-0.1, -0.05) is 30.3 Å². The van der Waals surface area contributed by atoms with Crippen molar-refractivity contribution in [1.29, 1.82) is 0 Å². The zero-order valence-corrected chi connectivity index (χ0v) is 21.2. The monoisotopic (exact) mass is 516 g/mol. The molecule has 1 N–H and O–H groups in total. The average Bonchev–Trinajstić information content (AvgIpc) is 2.85. The number of alkyl carbamates (subject to hydrolysis) is 1. The van der Waals surface area contributed by atoms with Crippen LogP contribution in [0.1, 0.15) is 26.3 Å². The first-order valence-electron chi connectivity index (χ1n) is 11.6. The van der Waals surface area contributed by atoms with E-state index >= 15 is 0 Å². The van der Waals surface area contributed by atoms with Gasteiger partial charge < -0.3 is 24.4 Å². The van der Waals surface area contributed by atoms with Gasteiger partial charge in [0.1, 0.15) is 47.2 Å². The van der Waals surface area contributed by atoms with E-state index in [9.17, 15) is 18.8 Å². The number of β-lactam (4-membered cyclic amide) rings is 1. The Kier molecular flexibility index (Phi) is 7.44. The number of hydrogen-bond donors (Lipinski definition) is 1. The van der Waals surface area contributed by atoms with Gasteiger partial charge in [0.05, 0.1) is 0 Å². The molecule has 36 heavy (non-hydrogen) atoms. The molecule has 4 rings (SSSR count). The third-order valence-electron chi connectivity index (χ3n) is 5.79. The predicted octanol–water partition coefficient (Wildman–Crippen LogP) is 3.74. The van der Waals surface area contributed by atoms with Crippen LogP contribution in [0.5, 0.6) is 5.75 Å². The van der Waals surface area contributed by atoms with E-state index in [2.05, 4.69) is 5.32 Å². The van der Waals surface area contributed by atoms with Gasteiger partial charge in [0.15, 0.2) is 0 Å². The number of amides is 2. The van der Waals surface area contributed by atoms with E-state index in [0.29, 0.717) is 11.5 Å². The molecule has 2 amide bonds. The fourth-order valence-electron chi connectivity index (χ4n) is 3.96. The second-order valence-electron chi connectivity index (χ2n) is 9.88. The number of benzene rings is 2. The Balaban J connectivity index is 1.45. The van der Waals surface area contributed by atoms with E-state index in [1.54, 1.807) is 25.7 Å². The number of hydrogen-bond acceptors (Lipinski definition) is 7. The first-order chi connectivity index (χ1) is 17.1. The highest BCUT2D eigenvalue weighted by Gasteiger charge is 2.58. The summed E-state index contributed by atoms with van der Waals surface area (Å²) in [6, 6.07) is 14.1. The highest BCUT2D eigenvalue weighted by Crippen LogP contribution is 2.43. The molecule has 0 radical (unpaired) electrons. The number of rotatable bonds is 7. The van der Waals surface area contributed by atoms with Crippen molar-refractivity contribution in [2.75, 3.05) is 18.9 Å². The Bertz CT molecular complexity index is 1110. The minimum absolute atomic E-state index is 0.0556. The molecule has 2 heterocycles. The van der Waals surface area contributed by atoms with Crippen LogP contribution in [0.15, 0.2) is 54.6 Å². The number of ether oxygens (including phenoxy) is 3. The summed E-state index contributed by atoms with van der Waals surface area (Å²) in [7, 11) is 0. The molecule has 0 aliphatic carbocycles. The molecule has 2 saturated heterocycles. The Morgan fingerprint density at radius 3 is 2.50 bits per heavy atom. The molecule has 0 aromatic heterocycles. The molecule has 0 spiro atoms. The third kappa shape index (κ3) is 5.92.